The van der Waals surface area contributed by atoms with Gasteiger partial charge in [-0.3, -0.25) is 4.79 Å². The second-order valence-electron chi connectivity index (χ2n) is 9.15. The van der Waals surface area contributed by atoms with Gasteiger partial charge in [-0.1, -0.05) is 15.9 Å². The fraction of sp³-hybridized carbons (Fsp3) is 0.222. The number of piperazine rings is 1. The normalized spacial score (nSPS) is 14.6. The highest BCUT2D eigenvalue weighted by Crippen LogP contribution is 2.28. The number of fused-ring (bicyclic) bond motifs is 2. The summed E-state index contributed by atoms with van der Waals surface area (Å²) in [6.45, 7) is 4.23. The number of anilines is 2. The fourth-order valence-electron chi connectivity index (χ4n) is 4.60. The standard InChI is InChI=1S/C27H26BrN7O/c1-34-10-12-35(13-11-34)20-7-9-22-24(15-20)33-27(31-22)18-4-8-21-23(14-18)32-26(30-21)17-2-5-19(6-3-17)29-25(36)16-28/h2-9,14-15H,10-13,16H2,1H3,(H,29,36)(H,30,32)(H,31,33). The number of nitrogens with zero attached hydrogens (tertiary/aromatic N) is 4. The lowest BCUT2D eigenvalue weighted by atomic mass is 10.2. The van der Waals surface area contributed by atoms with Crippen LogP contribution in [-0.4, -0.2) is 69.3 Å². The molecule has 2 aromatic heterocycles. The van der Waals surface area contributed by atoms with E-state index in [1.165, 1.54) is 5.69 Å². The molecule has 1 aliphatic heterocycles. The molecule has 182 valence electrons. The largest absolute Gasteiger partial charge is 0.369 e. The van der Waals surface area contributed by atoms with Crippen molar-refractivity contribution in [3.8, 4) is 22.8 Å². The number of benzene rings is 3. The second kappa shape index (κ2) is 9.40. The average molecular weight is 544 g/mol. The Bertz CT molecular complexity index is 1550. The van der Waals surface area contributed by atoms with Crippen LogP contribution in [0.25, 0.3) is 44.8 Å². The highest BCUT2D eigenvalue weighted by molar-refractivity contribution is 9.09. The molecule has 1 saturated heterocycles. The van der Waals surface area contributed by atoms with Crippen LogP contribution < -0.4 is 10.2 Å². The van der Waals surface area contributed by atoms with Crippen LogP contribution >= 0.6 is 15.9 Å². The van der Waals surface area contributed by atoms with Gasteiger partial charge in [-0.15, -0.1) is 0 Å². The Balaban J connectivity index is 1.26. The first kappa shape index (κ1) is 22.8. The number of amides is 1. The third-order valence-corrected chi connectivity index (χ3v) is 7.16. The van der Waals surface area contributed by atoms with Crippen LogP contribution in [0.4, 0.5) is 11.4 Å². The number of carbonyl (C=O) groups excluding carboxylic acids is 1. The molecule has 3 N–H and O–H groups in total. The van der Waals surface area contributed by atoms with E-state index in [1.807, 2.05) is 36.4 Å². The molecule has 1 aliphatic rings. The summed E-state index contributed by atoms with van der Waals surface area (Å²) in [5, 5.41) is 3.09. The summed E-state index contributed by atoms with van der Waals surface area (Å²) in [5.41, 5.74) is 7.77. The molecule has 3 heterocycles. The number of nitrogens with one attached hydrogen (secondary N) is 3. The first-order valence-corrected chi connectivity index (χ1v) is 13.1. The number of aromatic nitrogens is 4. The van der Waals surface area contributed by atoms with Crippen molar-refractivity contribution in [1.29, 1.82) is 0 Å². The number of carbonyl (C=O) groups is 1. The predicted molar refractivity (Wildman–Crippen MR) is 149 cm³/mol. The molecule has 1 fully saturated rings. The maximum absolute atomic E-state index is 11.6. The molecule has 1 amide bonds. The van der Waals surface area contributed by atoms with Gasteiger partial charge in [0.2, 0.25) is 5.91 Å². The zero-order valence-electron chi connectivity index (χ0n) is 19.9. The summed E-state index contributed by atoms with van der Waals surface area (Å²) in [6.07, 6.45) is 0. The van der Waals surface area contributed by atoms with Gasteiger partial charge in [0.05, 0.1) is 27.4 Å². The minimum atomic E-state index is -0.0832. The SMILES string of the molecule is CN1CCN(c2ccc3nc(-c4ccc5nc(-c6ccc(NC(=O)CBr)cc6)[nH]c5c4)[nH]c3c2)CC1. The Hall–Kier alpha value is -3.69. The zero-order chi connectivity index (χ0) is 24.6. The molecular weight excluding hydrogens is 518 g/mol. The van der Waals surface area contributed by atoms with Crippen molar-refractivity contribution in [1.82, 2.24) is 24.8 Å². The molecule has 0 aliphatic carbocycles. The van der Waals surface area contributed by atoms with Crippen LogP contribution in [0.1, 0.15) is 0 Å². The van der Waals surface area contributed by atoms with Crippen molar-refractivity contribution in [2.45, 2.75) is 0 Å². The van der Waals surface area contributed by atoms with Gasteiger partial charge in [-0.25, -0.2) is 9.97 Å². The van der Waals surface area contributed by atoms with E-state index in [4.69, 9.17) is 9.97 Å². The third-order valence-electron chi connectivity index (χ3n) is 6.65. The van der Waals surface area contributed by atoms with Crippen molar-refractivity contribution >= 4 is 55.3 Å². The Labute approximate surface area is 216 Å². The van der Waals surface area contributed by atoms with E-state index in [1.54, 1.807) is 0 Å². The second-order valence-corrected chi connectivity index (χ2v) is 9.71. The smallest absolute Gasteiger partial charge is 0.235 e. The molecule has 3 aromatic carbocycles. The summed E-state index contributed by atoms with van der Waals surface area (Å²) in [6, 6.07) is 20.2. The number of likely N-dealkylation sites (N-methyl/N-ethyl adjacent to an activating group) is 1. The van der Waals surface area contributed by atoms with Gasteiger partial charge in [0.25, 0.3) is 0 Å². The Morgan fingerprint density at radius 3 is 2.17 bits per heavy atom. The monoisotopic (exact) mass is 543 g/mol. The molecule has 6 rings (SSSR count). The lowest BCUT2D eigenvalue weighted by Gasteiger charge is -2.34. The van der Waals surface area contributed by atoms with Crippen LogP contribution in [0.2, 0.25) is 0 Å². The van der Waals surface area contributed by atoms with Crippen molar-refractivity contribution in [3.63, 3.8) is 0 Å². The number of hydrogen-bond acceptors (Lipinski definition) is 5. The van der Waals surface area contributed by atoms with E-state index in [9.17, 15) is 4.79 Å². The van der Waals surface area contributed by atoms with E-state index >= 15 is 0 Å². The number of imidazole rings is 2. The third kappa shape index (κ3) is 4.47. The summed E-state index contributed by atoms with van der Waals surface area (Å²) < 4.78 is 0. The van der Waals surface area contributed by atoms with Gasteiger partial charge in [-0.05, 0) is 67.7 Å². The van der Waals surface area contributed by atoms with Gasteiger partial charge in [0.1, 0.15) is 11.6 Å². The number of rotatable bonds is 5. The zero-order valence-corrected chi connectivity index (χ0v) is 21.5. The number of alkyl halides is 1. The van der Waals surface area contributed by atoms with E-state index in [2.05, 4.69) is 72.3 Å². The highest BCUT2D eigenvalue weighted by atomic mass is 79.9. The van der Waals surface area contributed by atoms with Gasteiger partial charge in [0, 0.05) is 48.7 Å². The van der Waals surface area contributed by atoms with Gasteiger partial charge < -0.3 is 25.1 Å². The molecular formula is C27H26BrN7O. The number of halogens is 1. The Morgan fingerprint density at radius 2 is 1.47 bits per heavy atom. The van der Waals surface area contributed by atoms with Crippen LogP contribution in [0.5, 0.6) is 0 Å². The highest BCUT2D eigenvalue weighted by Gasteiger charge is 2.16. The van der Waals surface area contributed by atoms with Gasteiger partial charge in [0.15, 0.2) is 0 Å². The fourth-order valence-corrected chi connectivity index (χ4v) is 4.74. The van der Waals surface area contributed by atoms with E-state index in [-0.39, 0.29) is 11.2 Å². The molecule has 0 atom stereocenters. The van der Waals surface area contributed by atoms with Crippen LogP contribution in [0.3, 0.4) is 0 Å². The minimum absolute atomic E-state index is 0.0832. The lowest BCUT2D eigenvalue weighted by Crippen LogP contribution is -2.44. The van der Waals surface area contributed by atoms with Crippen molar-refractivity contribution in [3.05, 3.63) is 60.7 Å². The minimum Gasteiger partial charge on any atom is -0.369 e. The molecule has 0 spiro atoms. The van der Waals surface area contributed by atoms with Crippen LogP contribution in [-0.2, 0) is 4.79 Å². The van der Waals surface area contributed by atoms with E-state index in [0.29, 0.717) is 0 Å². The summed E-state index contributed by atoms with van der Waals surface area (Å²) in [5.74, 6) is 1.53. The van der Waals surface area contributed by atoms with Crippen LogP contribution in [0.15, 0.2) is 60.7 Å². The lowest BCUT2D eigenvalue weighted by molar-refractivity contribution is -0.113. The Morgan fingerprint density at radius 1 is 0.861 bits per heavy atom. The number of H-pyrrole nitrogens is 2. The maximum Gasteiger partial charge on any atom is 0.235 e. The summed E-state index contributed by atoms with van der Waals surface area (Å²) in [7, 11) is 2.17. The van der Waals surface area contributed by atoms with Crippen molar-refractivity contribution in [2.24, 2.45) is 0 Å². The summed E-state index contributed by atoms with van der Waals surface area (Å²) in [4.78, 5) is 32.9. The average Bonchev–Trinajstić information content (AvgIpc) is 3.53. The van der Waals surface area contributed by atoms with Gasteiger partial charge in [-0.2, -0.15) is 0 Å². The number of hydrogen-bond donors (Lipinski definition) is 3. The summed E-state index contributed by atoms with van der Waals surface area (Å²) >= 11 is 3.16. The maximum atomic E-state index is 11.6. The van der Waals surface area contributed by atoms with Gasteiger partial charge >= 0.3 is 0 Å². The topological polar surface area (TPSA) is 92.9 Å². The molecule has 0 bridgehead atoms. The van der Waals surface area contributed by atoms with E-state index < -0.39 is 0 Å². The Kier molecular flexibility index (Phi) is 5.94. The molecule has 0 radical (unpaired) electrons. The van der Waals surface area contributed by atoms with Crippen molar-refractivity contribution in [2.75, 3.05) is 48.8 Å². The van der Waals surface area contributed by atoms with Crippen molar-refractivity contribution < 1.29 is 4.79 Å². The molecule has 5 aromatic rings. The predicted octanol–water partition coefficient (Wildman–Crippen LogP) is 4.86. The van der Waals surface area contributed by atoms with E-state index in [0.717, 1.165) is 76.7 Å². The quantitative estimate of drug-likeness (QED) is 0.275. The molecule has 36 heavy (non-hydrogen) atoms. The first-order chi connectivity index (χ1) is 17.6. The first-order valence-electron chi connectivity index (χ1n) is 12.0. The van der Waals surface area contributed by atoms with Crippen LogP contribution in [0, 0.1) is 0 Å². The molecule has 0 saturated carbocycles. The molecule has 0 unspecified atom stereocenters. The molecule has 8 nitrogen and oxygen atoms in total. The number of aromatic amines is 2. The molecule has 9 heteroatoms.